The molecule has 2 aromatic rings. The molecule has 1 aliphatic rings. The molecule has 162 valence electrons. The minimum atomic E-state index is -0.485. The number of halogens is 1. The number of hydrogen-bond acceptors (Lipinski definition) is 4. The van der Waals surface area contributed by atoms with Gasteiger partial charge in [0.2, 0.25) is 0 Å². The molecule has 0 atom stereocenters. The summed E-state index contributed by atoms with van der Waals surface area (Å²) in [7, 11) is 0. The van der Waals surface area contributed by atoms with E-state index in [0.29, 0.717) is 35.8 Å². The van der Waals surface area contributed by atoms with Crippen LogP contribution in [0.25, 0.3) is 0 Å². The minimum Gasteiger partial charge on any atom is -0.487 e. The lowest BCUT2D eigenvalue weighted by molar-refractivity contribution is 0.0184. The van der Waals surface area contributed by atoms with Gasteiger partial charge >= 0.3 is 6.09 Å². The first-order valence-corrected chi connectivity index (χ1v) is 11.1. The Kier molecular flexibility index (Phi) is 7.23. The first-order chi connectivity index (χ1) is 14.2. The van der Waals surface area contributed by atoms with Crippen LogP contribution in [0.2, 0.25) is 0 Å². The van der Waals surface area contributed by atoms with Crippen LogP contribution < -0.4 is 10.3 Å². The third kappa shape index (κ3) is 6.11. The Morgan fingerprint density at radius 1 is 1.20 bits per heavy atom. The molecule has 1 aromatic carbocycles. The van der Waals surface area contributed by atoms with Crippen molar-refractivity contribution in [2.24, 2.45) is 5.92 Å². The molecule has 2 heterocycles. The van der Waals surface area contributed by atoms with E-state index in [0.717, 1.165) is 30.4 Å². The molecule has 0 unspecified atom stereocenters. The Morgan fingerprint density at radius 3 is 2.50 bits per heavy atom. The van der Waals surface area contributed by atoms with E-state index in [1.54, 1.807) is 11.1 Å². The average molecular weight is 477 g/mol. The number of pyridine rings is 1. The molecule has 6 nitrogen and oxygen atoms in total. The minimum absolute atomic E-state index is 0.207. The van der Waals surface area contributed by atoms with Gasteiger partial charge in [-0.15, -0.1) is 0 Å². The molecule has 1 N–H and O–H groups in total. The number of hydrogen-bond donors (Lipinski definition) is 1. The van der Waals surface area contributed by atoms with Crippen LogP contribution in [-0.4, -0.2) is 34.7 Å². The van der Waals surface area contributed by atoms with Crippen molar-refractivity contribution in [1.82, 2.24) is 9.88 Å². The van der Waals surface area contributed by atoms with Crippen LogP contribution in [0.5, 0.6) is 5.75 Å². The van der Waals surface area contributed by atoms with Crippen LogP contribution in [0.4, 0.5) is 4.79 Å². The molecule has 1 aromatic heterocycles. The van der Waals surface area contributed by atoms with E-state index in [1.165, 1.54) is 0 Å². The van der Waals surface area contributed by atoms with Gasteiger partial charge in [0.25, 0.3) is 5.56 Å². The monoisotopic (exact) mass is 476 g/mol. The Morgan fingerprint density at radius 2 is 1.87 bits per heavy atom. The van der Waals surface area contributed by atoms with Crippen LogP contribution in [0.3, 0.4) is 0 Å². The maximum atomic E-state index is 12.3. The number of rotatable bonds is 5. The number of carbonyl (C=O) groups is 1. The van der Waals surface area contributed by atoms with Gasteiger partial charge in [0.15, 0.2) is 0 Å². The summed E-state index contributed by atoms with van der Waals surface area (Å²) in [4.78, 5) is 28.9. The first kappa shape index (κ1) is 22.4. The quantitative estimate of drug-likeness (QED) is 0.665. The fourth-order valence-electron chi connectivity index (χ4n) is 3.52. The molecule has 1 fully saturated rings. The maximum absolute atomic E-state index is 12.3. The summed E-state index contributed by atoms with van der Waals surface area (Å²) >= 11 is 3.39. The summed E-state index contributed by atoms with van der Waals surface area (Å²) in [5.41, 5.74) is 1.32. The van der Waals surface area contributed by atoms with Gasteiger partial charge < -0.3 is 19.4 Å². The second-order valence-corrected chi connectivity index (χ2v) is 9.47. The van der Waals surface area contributed by atoms with Gasteiger partial charge in [-0.05, 0) is 67.4 Å². The summed E-state index contributed by atoms with van der Waals surface area (Å²) < 4.78 is 11.9. The predicted octanol–water partition coefficient (Wildman–Crippen LogP) is 4.91. The van der Waals surface area contributed by atoms with E-state index in [4.69, 9.17) is 9.47 Å². The lowest BCUT2D eigenvalue weighted by Crippen LogP contribution is -2.42. The van der Waals surface area contributed by atoms with E-state index in [-0.39, 0.29) is 11.7 Å². The molecule has 0 radical (unpaired) electrons. The number of aromatic nitrogens is 1. The molecule has 3 rings (SSSR count). The molecular weight excluding hydrogens is 448 g/mol. The molecule has 0 aliphatic carbocycles. The van der Waals surface area contributed by atoms with Gasteiger partial charge in [0.1, 0.15) is 22.4 Å². The van der Waals surface area contributed by atoms with Crippen molar-refractivity contribution >= 4 is 22.0 Å². The van der Waals surface area contributed by atoms with Gasteiger partial charge in [0, 0.05) is 24.8 Å². The second kappa shape index (κ2) is 9.69. The Labute approximate surface area is 185 Å². The predicted molar refractivity (Wildman–Crippen MR) is 120 cm³/mol. The average Bonchev–Trinajstić information content (AvgIpc) is 2.70. The van der Waals surface area contributed by atoms with Gasteiger partial charge in [-0.1, -0.05) is 30.3 Å². The van der Waals surface area contributed by atoms with Gasteiger partial charge in [-0.2, -0.15) is 0 Å². The summed E-state index contributed by atoms with van der Waals surface area (Å²) in [6, 6.07) is 9.87. The van der Waals surface area contributed by atoms with Crippen molar-refractivity contribution in [2.45, 2.75) is 52.2 Å². The SMILES string of the molecule is CC(C)(C)OC(=O)N1CCC(Cc2c[nH]c(=O)c(Br)c2OCc2ccccc2)CC1. The zero-order valence-corrected chi connectivity index (χ0v) is 19.3. The molecule has 1 amide bonds. The highest BCUT2D eigenvalue weighted by molar-refractivity contribution is 9.10. The number of nitrogens with zero attached hydrogens (tertiary/aromatic N) is 1. The number of amides is 1. The normalized spacial score (nSPS) is 15.1. The third-order valence-corrected chi connectivity index (χ3v) is 5.79. The highest BCUT2D eigenvalue weighted by Gasteiger charge is 2.27. The van der Waals surface area contributed by atoms with E-state index >= 15 is 0 Å². The zero-order valence-electron chi connectivity index (χ0n) is 17.7. The van der Waals surface area contributed by atoms with Crippen molar-refractivity contribution < 1.29 is 14.3 Å². The van der Waals surface area contributed by atoms with Gasteiger partial charge in [0.05, 0.1) is 0 Å². The van der Waals surface area contributed by atoms with E-state index in [2.05, 4.69) is 20.9 Å². The standard InChI is InChI=1S/C23H29BrN2O4/c1-23(2,3)30-22(28)26-11-9-16(10-12-26)13-18-14-25-21(27)19(24)20(18)29-15-17-7-5-4-6-8-17/h4-8,14,16H,9-13,15H2,1-3H3,(H,25,27). The fourth-order valence-corrected chi connectivity index (χ4v) is 4.00. The van der Waals surface area contributed by atoms with Crippen LogP contribution in [0.1, 0.15) is 44.7 Å². The molecule has 30 heavy (non-hydrogen) atoms. The number of nitrogens with one attached hydrogen (secondary N) is 1. The molecule has 1 saturated heterocycles. The van der Waals surface area contributed by atoms with Gasteiger partial charge in [-0.3, -0.25) is 4.79 Å². The topological polar surface area (TPSA) is 71.6 Å². The third-order valence-electron chi connectivity index (χ3n) is 5.07. The Hall–Kier alpha value is -2.28. The summed E-state index contributed by atoms with van der Waals surface area (Å²) in [6.07, 6.45) is 4.04. The van der Waals surface area contributed by atoms with E-state index in [9.17, 15) is 9.59 Å². The van der Waals surface area contributed by atoms with E-state index in [1.807, 2.05) is 51.1 Å². The lowest BCUT2D eigenvalue weighted by atomic mass is 9.90. The van der Waals surface area contributed by atoms with E-state index < -0.39 is 5.60 Å². The summed E-state index contributed by atoms with van der Waals surface area (Å²) in [5.74, 6) is 0.998. The number of aromatic amines is 1. The molecule has 0 bridgehead atoms. The maximum Gasteiger partial charge on any atom is 0.410 e. The van der Waals surface area contributed by atoms with Crippen molar-refractivity contribution in [3.8, 4) is 5.75 Å². The largest absolute Gasteiger partial charge is 0.487 e. The Balaban J connectivity index is 1.63. The second-order valence-electron chi connectivity index (χ2n) is 8.68. The van der Waals surface area contributed by atoms with Crippen molar-refractivity contribution in [3.05, 3.63) is 62.5 Å². The number of likely N-dealkylation sites (tertiary alicyclic amines) is 1. The summed E-state index contributed by atoms with van der Waals surface area (Å²) in [5, 5.41) is 0. The first-order valence-electron chi connectivity index (χ1n) is 10.3. The van der Waals surface area contributed by atoms with Crippen molar-refractivity contribution in [2.75, 3.05) is 13.1 Å². The smallest absolute Gasteiger partial charge is 0.410 e. The number of piperidine rings is 1. The van der Waals surface area contributed by atoms with Gasteiger partial charge in [-0.25, -0.2) is 4.79 Å². The number of ether oxygens (including phenoxy) is 2. The highest BCUT2D eigenvalue weighted by atomic mass is 79.9. The summed E-state index contributed by atoms with van der Waals surface area (Å²) in [6.45, 7) is 7.37. The zero-order chi connectivity index (χ0) is 21.7. The van der Waals surface area contributed by atoms with Crippen LogP contribution >= 0.6 is 15.9 Å². The Bertz CT molecular complexity index is 913. The van der Waals surface area contributed by atoms with Crippen molar-refractivity contribution in [3.63, 3.8) is 0 Å². The molecular formula is C23H29BrN2O4. The highest BCUT2D eigenvalue weighted by Crippen LogP contribution is 2.31. The fraction of sp³-hybridized carbons (Fsp3) is 0.478. The lowest BCUT2D eigenvalue weighted by Gasteiger charge is -2.33. The molecule has 0 spiro atoms. The molecule has 1 aliphatic heterocycles. The molecule has 7 heteroatoms. The number of benzene rings is 1. The van der Waals surface area contributed by atoms with Crippen molar-refractivity contribution in [1.29, 1.82) is 0 Å². The van der Waals surface area contributed by atoms with Crippen LogP contribution in [0.15, 0.2) is 45.8 Å². The number of carbonyl (C=O) groups excluding carboxylic acids is 1. The number of H-pyrrole nitrogens is 1. The molecule has 0 saturated carbocycles. The van der Waals surface area contributed by atoms with Crippen LogP contribution in [0, 0.1) is 5.92 Å². The van der Waals surface area contributed by atoms with Crippen LogP contribution in [-0.2, 0) is 17.8 Å².